The molecule has 21 heavy (non-hydrogen) atoms. The number of sulfonamides is 1. The van der Waals surface area contributed by atoms with Gasteiger partial charge in [0.15, 0.2) is 0 Å². The fourth-order valence-electron chi connectivity index (χ4n) is 1.74. The number of nitrogens with two attached hydrogens (primary N) is 1. The summed E-state index contributed by atoms with van der Waals surface area (Å²) in [6.07, 6.45) is 0. The molecule has 0 aliphatic carbocycles. The zero-order chi connectivity index (χ0) is 15.8. The summed E-state index contributed by atoms with van der Waals surface area (Å²) in [6.45, 7) is 1.59. The van der Waals surface area contributed by atoms with Crippen molar-refractivity contribution >= 4 is 56.2 Å². The van der Waals surface area contributed by atoms with E-state index in [-0.39, 0.29) is 31.3 Å². The van der Waals surface area contributed by atoms with Gasteiger partial charge in [-0.2, -0.15) is 0 Å². The highest BCUT2D eigenvalue weighted by Gasteiger charge is 2.21. The molecule has 2 rings (SSSR count). The maximum atomic E-state index is 12.5. The number of anilines is 2. The van der Waals surface area contributed by atoms with Crippen molar-refractivity contribution in [2.24, 2.45) is 0 Å². The van der Waals surface area contributed by atoms with Crippen LogP contribution in [0.3, 0.4) is 0 Å². The second kappa shape index (κ2) is 5.93. The van der Waals surface area contributed by atoms with Crippen molar-refractivity contribution in [3.63, 3.8) is 0 Å². The topological polar surface area (TPSA) is 72.2 Å². The summed E-state index contributed by atoms with van der Waals surface area (Å²) in [5, 5.41) is 0.612. The van der Waals surface area contributed by atoms with E-state index in [1.807, 2.05) is 0 Å². The molecule has 0 bridgehead atoms. The molecule has 0 aromatic heterocycles. The minimum Gasteiger partial charge on any atom is -0.398 e. The van der Waals surface area contributed by atoms with Gasteiger partial charge < -0.3 is 5.73 Å². The Balaban J connectivity index is 2.54. The molecule has 0 amide bonds. The van der Waals surface area contributed by atoms with Gasteiger partial charge >= 0.3 is 0 Å². The molecule has 0 unspecified atom stereocenters. The van der Waals surface area contributed by atoms with Crippen LogP contribution >= 0.6 is 34.8 Å². The first-order chi connectivity index (χ1) is 9.72. The second-order valence-corrected chi connectivity index (χ2v) is 7.22. The van der Waals surface area contributed by atoms with Crippen molar-refractivity contribution in [3.05, 3.63) is 51.0 Å². The van der Waals surface area contributed by atoms with Gasteiger partial charge in [0.05, 0.1) is 20.6 Å². The molecule has 0 aliphatic heterocycles. The summed E-state index contributed by atoms with van der Waals surface area (Å²) in [5.41, 5.74) is 6.54. The molecule has 0 radical (unpaired) electrons. The average Bonchev–Trinajstić information content (AvgIpc) is 2.38. The van der Waals surface area contributed by atoms with Crippen LogP contribution in [0.4, 0.5) is 11.4 Å². The van der Waals surface area contributed by atoms with Gasteiger partial charge in [-0.25, -0.2) is 8.42 Å². The predicted molar refractivity (Wildman–Crippen MR) is 87.9 cm³/mol. The van der Waals surface area contributed by atoms with Crippen molar-refractivity contribution in [1.82, 2.24) is 0 Å². The molecular weight excluding hydrogens is 355 g/mol. The summed E-state index contributed by atoms with van der Waals surface area (Å²) in [4.78, 5) is -0.0245. The fourth-order valence-corrected chi connectivity index (χ4v) is 4.04. The highest BCUT2D eigenvalue weighted by atomic mass is 35.5. The van der Waals surface area contributed by atoms with Crippen LogP contribution in [0, 0.1) is 6.92 Å². The highest BCUT2D eigenvalue weighted by molar-refractivity contribution is 7.92. The minimum atomic E-state index is -3.92. The quantitative estimate of drug-likeness (QED) is 0.795. The lowest BCUT2D eigenvalue weighted by Gasteiger charge is -2.14. The lowest BCUT2D eigenvalue weighted by Crippen LogP contribution is -2.15. The van der Waals surface area contributed by atoms with Crippen LogP contribution in [0.5, 0.6) is 0 Å². The van der Waals surface area contributed by atoms with E-state index in [0.717, 1.165) is 0 Å². The number of rotatable bonds is 3. The van der Waals surface area contributed by atoms with E-state index in [1.165, 1.54) is 24.3 Å². The molecule has 2 aromatic rings. The van der Waals surface area contributed by atoms with Crippen LogP contribution in [0.1, 0.15) is 5.56 Å². The van der Waals surface area contributed by atoms with Crippen LogP contribution in [-0.2, 0) is 10.0 Å². The van der Waals surface area contributed by atoms with E-state index in [9.17, 15) is 8.42 Å². The molecule has 2 aromatic carbocycles. The van der Waals surface area contributed by atoms with Gasteiger partial charge in [-0.15, -0.1) is 0 Å². The smallest absolute Gasteiger partial charge is 0.262 e. The number of halogens is 3. The Bertz CT molecular complexity index is 787. The van der Waals surface area contributed by atoms with Crippen LogP contribution in [-0.4, -0.2) is 8.42 Å². The Morgan fingerprint density at radius 2 is 1.67 bits per heavy atom. The molecule has 8 heteroatoms. The van der Waals surface area contributed by atoms with Crippen LogP contribution < -0.4 is 10.5 Å². The Labute approximate surface area is 137 Å². The van der Waals surface area contributed by atoms with E-state index in [2.05, 4.69) is 4.72 Å². The van der Waals surface area contributed by atoms with Gasteiger partial charge in [0.1, 0.15) is 0 Å². The van der Waals surface area contributed by atoms with Gasteiger partial charge in [0.2, 0.25) is 0 Å². The zero-order valence-corrected chi connectivity index (χ0v) is 13.9. The van der Waals surface area contributed by atoms with Crippen LogP contribution in [0.15, 0.2) is 35.2 Å². The van der Waals surface area contributed by atoms with Crippen molar-refractivity contribution < 1.29 is 8.42 Å². The lowest BCUT2D eigenvalue weighted by molar-refractivity contribution is 0.600. The summed E-state index contributed by atoms with van der Waals surface area (Å²) in [7, 11) is -3.92. The molecular formula is C13H11Cl3N2O2S. The van der Waals surface area contributed by atoms with Crippen molar-refractivity contribution in [2.45, 2.75) is 11.8 Å². The Morgan fingerprint density at radius 3 is 2.24 bits per heavy atom. The molecule has 0 atom stereocenters. The van der Waals surface area contributed by atoms with Crippen molar-refractivity contribution in [1.29, 1.82) is 0 Å². The zero-order valence-electron chi connectivity index (χ0n) is 10.8. The normalized spacial score (nSPS) is 11.4. The molecule has 3 N–H and O–H groups in total. The average molecular weight is 366 g/mol. The Morgan fingerprint density at radius 1 is 1.10 bits per heavy atom. The molecule has 0 aliphatic rings. The number of nitrogen functional groups attached to an aromatic ring is 1. The van der Waals surface area contributed by atoms with E-state index >= 15 is 0 Å². The summed E-state index contributed by atoms with van der Waals surface area (Å²) in [5.74, 6) is 0. The maximum absolute atomic E-state index is 12.5. The van der Waals surface area contributed by atoms with Crippen LogP contribution in [0.25, 0.3) is 0 Å². The van der Waals surface area contributed by atoms with E-state index in [4.69, 9.17) is 40.5 Å². The number of hydrogen-bond donors (Lipinski definition) is 2. The van der Waals surface area contributed by atoms with Gasteiger partial charge in [0, 0.05) is 10.7 Å². The first-order valence-electron chi connectivity index (χ1n) is 5.75. The molecule has 0 spiro atoms. The van der Waals surface area contributed by atoms with E-state index < -0.39 is 10.0 Å². The number of benzene rings is 2. The molecule has 0 fully saturated rings. The summed E-state index contributed by atoms with van der Waals surface area (Å²) < 4.78 is 27.3. The monoisotopic (exact) mass is 364 g/mol. The van der Waals surface area contributed by atoms with E-state index in [0.29, 0.717) is 5.56 Å². The number of nitrogens with one attached hydrogen (secondary N) is 1. The molecule has 0 saturated carbocycles. The Kier molecular flexibility index (Phi) is 4.58. The van der Waals surface area contributed by atoms with Gasteiger partial charge in [-0.05, 0) is 36.8 Å². The Hall–Kier alpha value is -1.14. The molecule has 112 valence electrons. The fraction of sp³-hybridized carbons (Fsp3) is 0.0769. The SMILES string of the molecule is Cc1c(N)cc(Cl)cc1S(=O)(=O)Nc1c(Cl)cccc1Cl. The molecule has 0 heterocycles. The third-order valence-electron chi connectivity index (χ3n) is 2.85. The van der Waals surface area contributed by atoms with Gasteiger partial charge in [-0.1, -0.05) is 40.9 Å². The predicted octanol–water partition coefficient (Wildman–Crippen LogP) is 4.34. The van der Waals surface area contributed by atoms with Crippen molar-refractivity contribution in [3.8, 4) is 0 Å². The molecule has 4 nitrogen and oxygen atoms in total. The van der Waals surface area contributed by atoms with E-state index in [1.54, 1.807) is 13.0 Å². The molecule has 0 saturated heterocycles. The largest absolute Gasteiger partial charge is 0.398 e. The highest BCUT2D eigenvalue weighted by Crippen LogP contribution is 2.33. The minimum absolute atomic E-state index is 0.0245. The third kappa shape index (κ3) is 3.37. The summed E-state index contributed by atoms with van der Waals surface area (Å²) in [6, 6.07) is 7.48. The lowest BCUT2D eigenvalue weighted by atomic mass is 10.2. The van der Waals surface area contributed by atoms with Crippen LogP contribution in [0.2, 0.25) is 15.1 Å². The third-order valence-corrected chi connectivity index (χ3v) is 5.18. The maximum Gasteiger partial charge on any atom is 0.262 e. The summed E-state index contributed by atoms with van der Waals surface area (Å²) >= 11 is 17.8. The second-order valence-electron chi connectivity index (χ2n) is 4.32. The number of hydrogen-bond acceptors (Lipinski definition) is 3. The van der Waals surface area contributed by atoms with Gasteiger partial charge in [0.25, 0.3) is 10.0 Å². The number of para-hydroxylation sites is 1. The first kappa shape index (κ1) is 16.2. The standard InChI is InChI=1S/C13H11Cl3N2O2S/c1-7-11(17)5-8(14)6-12(7)21(19,20)18-13-9(15)3-2-4-10(13)16/h2-6,18H,17H2,1H3. The first-order valence-corrected chi connectivity index (χ1v) is 8.36. The van der Waals surface area contributed by atoms with Gasteiger partial charge in [-0.3, -0.25) is 4.72 Å². The van der Waals surface area contributed by atoms with Crippen molar-refractivity contribution in [2.75, 3.05) is 10.5 Å².